The standard InChI is InChI=1S/C61H96O6/c1-4-7-10-13-16-19-22-25-27-29-30-32-33-36-39-42-45-48-51-54-60(63)66-57-58(56-65-59(62)53-50-47-44-41-38-35-24-21-18-15-12-9-6-3)67-61(64)55-52-49-46-43-40-37-34-31-28-26-23-20-17-14-11-8-5-2/h8-9,11-12,14-26,28,31,34,37,40,58H,4-7,10,13,27,29-30,32-33,35-36,38-39,41-57H2,1-3H3/b11-8-,12-9-,17-14-,18-15-,19-16-,23-20-,24-21-,25-22-,28-26-,34-31+,40-37-. The Bertz CT molecular complexity index is 1480. The highest BCUT2D eigenvalue weighted by atomic mass is 16.6. The summed E-state index contributed by atoms with van der Waals surface area (Å²) in [5, 5.41) is 0. The maximum absolute atomic E-state index is 12.8. The molecule has 0 spiro atoms. The van der Waals surface area contributed by atoms with Gasteiger partial charge in [-0.25, -0.2) is 0 Å². The third kappa shape index (κ3) is 52.4. The van der Waals surface area contributed by atoms with Gasteiger partial charge in [0.1, 0.15) is 13.2 Å². The molecule has 0 bridgehead atoms. The van der Waals surface area contributed by atoms with Crippen molar-refractivity contribution in [3.63, 3.8) is 0 Å². The van der Waals surface area contributed by atoms with Crippen LogP contribution in [0.4, 0.5) is 0 Å². The molecular formula is C61H96O6. The molecule has 0 fully saturated rings. The van der Waals surface area contributed by atoms with Crippen molar-refractivity contribution < 1.29 is 28.6 Å². The van der Waals surface area contributed by atoms with Crippen molar-refractivity contribution in [2.75, 3.05) is 13.2 Å². The molecular weight excluding hydrogens is 829 g/mol. The van der Waals surface area contributed by atoms with Crippen LogP contribution in [0.25, 0.3) is 0 Å². The highest BCUT2D eigenvalue weighted by Crippen LogP contribution is 2.14. The molecule has 0 aliphatic rings. The lowest BCUT2D eigenvalue weighted by molar-refractivity contribution is -0.167. The number of hydrogen-bond acceptors (Lipinski definition) is 6. The fourth-order valence-corrected chi connectivity index (χ4v) is 6.88. The van der Waals surface area contributed by atoms with Gasteiger partial charge in [-0.3, -0.25) is 14.4 Å². The molecule has 0 aromatic rings. The molecule has 376 valence electrons. The largest absolute Gasteiger partial charge is 0.462 e. The summed E-state index contributed by atoms with van der Waals surface area (Å²) in [5.74, 6) is -0.986. The van der Waals surface area contributed by atoms with Gasteiger partial charge in [0.05, 0.1) is 0 Å². The minimum atomic E-state index is -0.816. The number of carbonyl (C=O) groups excluding carboxylic acids is 3. The maximum atomic E-state index is 12.8. The van der Waals surface area contributed by atoms with E-state index in [4.69, 9.17) is 14.2 Å². The van der Waals surface area contributed by atoms with Crippen LogP contribution in [0.15, 0.2) is 134 Å². The van der Waals surface area contributed by atoms with Crippen LogP contribution in [0.2, 0.25) is 0 Å². The van der Waals surface area contributed by atoms with Crippen LogP contribution < -0.4 is 0 Å². The second kappa shape index (κ2) is 54.2. The Labute approximate surface area is 411 Å². The zero-order valence-electron chi connectivity index (χ0n) is 42.9. The molecule has 67 heavy (non-hydrogen) atoms. The lowest BCUT2D eigenvalue weighted by Gasteiger charge is -2.18. The van der Waals surface area contributed by atoms with E-state index in [-0.39, 0.29) is 37.5 Å². The third-order valence-electron chi connectivity index (χ3n) is 10.9. The molecule has 0 aliphatic carbocycles. The van der Waals surface area contributed by atoms with Gasteiger partial charge in [-0.05, 0) is 83.5 Å². The Balaban J connectivity index is 4.51. The summed E-state index contributed by atoms with van der Waals surface area (Å²) in [6.07, 6.45) is 75.7. The first-order chi connectivity index (χ1) is 33.0. The Morgan fingerprint density at radius 2 is 0.582 bits per heavy atom. The van der Waals surface area contributed by atoms with Crippen LogP contribution >= 0.6 is 0 Å². The number of rotatable bonds is 46. The number of carbonyl (C=O) groups is 3. The van der Waals surface area contributed by atoms with E-state index >= 15 is 0 Å². The molecule has 0 amide bonds. The molecule has 0 aromatic carbocycles. The lowest BCUT2D eigenvalue weighted by Crippen LogP contribution is -2.30. The van der Waals surface area contributed by atoms with Crippen molar-refractivity contribution in [1.82, 2.24) is 0 Å². The van der Waals surface area contributed by atoms with Crippen molar-refractivity contribution in [2.45, 2.75) is 219 Å². The zero-order valence-corrected chi connectivity index (χ0v) is 42.9. The van der Waals surface area contributed by atoms with Crippen molar-refractivity contribution in [3.05, 3.63) is 134 Å². The number of ether oxygens (including phenoxy) is 3. The highest BCUT2D eigenvalue weighted by Gasteiger charge is 2.19. The average molecular weight is 925 g/mol. The summed E-state index contributed by atoms with van der Waals surface area (Å²) < 4.78 is 16.8. The SMILES string of the molecule is CC\C=C/C=C\C=C/C=C\C=C\C=C/CCCCCC(=O)OC(COC(=O)CCCCCCC\C=C/C=C\C=C/CC)COC(=O)CCCCCCCCCCCC/C=C\C=C/CCCCC. The molecule has 0 radical (unpaired) electrons. The molecule has 0 aliphatic heterocycles. The minimum absolute atomic E-state index is 0.110. The van der Waals surface area contributed by atoms with Gasteiger partial charge in [-0.1, -0.05) is 244 Å². The fraction of sp³-hybridized carbons (Fsp3) is 0.590. The highest BCUT2D eigenvalue weighted by molar-refractivity contribution is 5.71. The first kappa shape index (κ1) is 62.5. The Morgan fingerprint density at radius 1 is 0.313 bits per heavy atom. The van der Waals surface area contributed by atoms with Crippen molar-refractivity contribution >= 4 is 17.9 Å². The fourth-order valence-electron chi connectivity index (χ4n) is 6.88. The molecule has 0 saturated carbocycles. The van der Waals surface area contributed by atoms with Crippen molar-refractivity contribution in [2.24, 2.45) is 0 Å². The van der Waals surface area contributed by atoms with Gasteiger partial charge in [0.2, 0.25) is 0 Å². The van der Waals surface area contributed by atoms with Gasteiger partial charge >= 0.3 is 17.9 Å². The molecule has 6 heteroatoms. The number of unbranched alkanes of at least 4 members (excludes halogenated alkanes) is 21. The second-order valence-electron chi connectivity index (χ2n) is 17.3. The summed E-state index contributed by atoms with van der Waals surface area (Å²) in [6, 6.07) is 0. The van der Waals surface area contributed by atoms with Gasteiger partial charge in [0, 0.05) is 19.3 Å². The quantitative estimate of drug-likeness (QED) is 0.0262. The normalized spacial score (nSPS) is 13.2. The minimum Gasteiger partial charge on any atom is -0.462 e. The third-order valence-corrected chi connectivity index (χ3v) is 10.9. The Morgan fingerprint density at radius 3 is 0.940 bits per heavy atom. The van der Waals surface area contributed by atoms with Crippen LogP contribution in [0.1, 0.15) is 213 Å². The van der Waals surface area contributed by atoms with E-state index in [1.165, 1.54) is 77.0 Å². The second-order valence-corrected chi connectivity index (χ2v) is 17.3. The van der Waals surface area contributed by atoms with Gasteiger partial charge in [-0.2, -0.15) is 0 Å². The molecule has 0 saturated heterocycles. The maximum Gasteiger partial charge on any atom is 0.306 e. The van der Waals surface area contributed by atoms with Crippen LogP contribution in [-0.2, 0) is 28.6 Å². The molecule has 1 unspecified atom stereocenters. The van der Waals surface area contributed by atoms with E-state index in [2.05, 4.69) is 93.7 Å². The van der Waals surface area contributed by atoms with E-state index in [9.17, 15) is 14.4 Å². The Hall–Kier alpha value is -4.45. The van der Waals surface area contributed by atoms with E-state index in [1.807, 2.05) is 60.8 Å². The zero-order chi connectivity index (χ0) is 48.6. The topological polar surface area (TPSA) is 78.9 Å². The number of esters is 3. The lowest BCUT2D eigenvalue weighted by atomic mass is 10.1. The number of hydrogen-bond donors (Lipinski definition) is 0. The van der Waals surface area contributed by atoms with E-state index < -0.39 is 6.10 Å². The van der Waals surface area contributed by atoms with Gasteiger partial charge in [0.15, 0.2) is 6.10 Å². The summed E-state index contributed by atoms with van der Waals surface area (Å²) >= 11 is 0. The molecule has 0 aromatic heterocycles. The monoisotopic (exact) mass is 925 g/mol. The first-order valence-electron chi connectivity index (χ1n) is 26.8. The van der Waals surface area contributed by atoms with Gasteiger partial charge < -0.3 is 14.2 Å². The summed E-state index contributed by atoms with van der Waals surface area (Å²) in [6.45, 7) is 6.26. The molecule has 0 rings (SSSR count). The van der Waals surface area contributed by atoms with Crippen LogP contribution in [0.3, 0.4) is 0 Å². The molecule has 1 atom stereocenters. The Kier molecular flexibility index (Phi) is 50.6. The average Bonchev–Trinajstić information content (AvgIpc) is 3.33. The first-order valence-corrected chi connectivity index (χ1v) is 26.8. The van der Waals surface area contributed by atoms with Gasteiger partial charge in [-0.15, -0.1) is 0 Å². The number of allylic oxidation sites excluding steroid dienone is 22. The van der Waals surface area contributed by atoms with Crippen molar-refractivity contribution in [1.29, 1.82) is 0 Å². The van der Waals surface area contributed by atoms with E-state index in [0.717, 1.165) is 89.9 Å². The smallest absolute Gasteiger partial charge is 0.306 e. The molecule has 6 nitrogen and oxygen atoms in total. The van der Waals surface area contributed by atoms with E-state index in [0.29, 0.717) is 19.3 Å². The predicted octanol–water partition coefficient (Wildman–Crippen LogP) is 17.9. The van der Waals surface area contributed by atoms with Crippen LogP contribution in [0, 0.1) is 0 Å². The van der Waals surface area contributed by atoms with Gasteiger partial charge in [0.25, 0.3) is 0 Å². The molecule has 0 N–H and O–H groups in total. The van der Waals surface area contributed by atoms with Crippen LogP contribution in [-0.4, -0.2) is 37.2 Å². The van der Waals surface area contributed by atoms with E-state index in [1.54, 1.807) is 0 Å². The summed E-state index contributed by atoms with van der Waals surface area (Å²) in [4.78, 5) is 38.1. The predicted molar refractivity (Wildman–Crippen MR) is 288 cm³/mol. The van der Waals surface area contributed by atoms with Crippen molar-refractivity contribution in [3.8, 4) is 0 Å². The summed E-state index contributed by atoms with van der Waals surface area (Å²) in [7, 11) is 0. The van der Waals surface area contributed by atoms with Crippen LogP contribution in [0.5, 0.6) is 0 Å². The molecule has 0 heterocycles. The summed E-state index contributed by atoms with van der Waals surface area (Å²) in [5.41, 5.74) is 0.